The quantitative estimate of drug-likeness (QED) is 0.651. The Bertz CT molecular complexity index is 396. The van der Waals surface area contributed by atoms with Crippen molar-refractivity contribution in [1.82, 2.24) is 0 Å². The minimum atomic E-state index is -0.201. The molecule has 1 aromatic rings. The van der Waals surface area contributed by atoms with E-state index in [1.54, 1.807) is 0 Å². The second kappa shape index (κ2) is 7.29. The van der Waals surface area contributed by atoms with Crippen molar-refractivity contribution in [2.45, 2.75) is 51.2 Å². The third-order valence-electron chi connectivity index (χ3n) is 3.61. The van der Waals surface area contributed by atoms with Gasteiger partial charge in [-0.05, 0) is 25.3 Å². The number of nitrogens with two attached hydrogens (primary N) is 1. The first-order chi connectivity index (χ1) is 9.31. The van der Waals surface area contributed by atoms with Gasteiger partial charge in [-0.2, -0.15) is 0 Å². The highest BCUT2D eigenvalue weighted by molar-refractivity contribution is 5.86. The van der Waals surface area contributed by atoms with Gasteiger partial charge in [-0.25, -0.2) is 0 Å². The van der Waals surface area contributed by atoms with Gasteiger partial charge in [0.2, 0.25) is 0 Å². The van der Waals surface area contributed by atoms with Crippen LogP contribution < -0.4 is 5.73 Å². The number of hydrogen-bond donors (Lipinski definition) is 1. The van der Waals surface area contributed by atoms with Crippen LogP contribution in [-0.4, -0.2) is 18.5 Å². The number of hydrogen-bond acceptors (Lipinski definition) is 2. The van der Waals surface area contributed by atoms with Crippen molar-refractivity contribution in [1.29, 1.82) is 0 Å². The summed E-state index contributed by atoms with van der Waals surface area (Å²) >= 11 is 0. The lowest BCUT2D eigenvalue weighted by atomic mass is 9.96. The van der Waals surface area contributed by atoms with Crippen LogP contribution in [0.5, 0.6) is 0 Å². The fraction of sp³-hybridized carbons (Fsp3) is 0.562. The molecule has 0 spiro atoms. The Morgan fingerprint density at radius 2 is 1.95 bits per heavy atom. The van der Waals surface area contributed by atoms with E-state index in [0.717, 1.165) is 18.4 Å². The lowest BCUT2D eigenvalue weighted by Gasteiger charge is -2.22. The first kappa shape index (κ1) is 14.1. The van der Waals surface area contributed by atoms with Gasteiger partial charge >= 0.3 is 0 Å². The van der Waals surface area contributed by atoms with Crippen molar-refractivity contribution >= 4 is 5.84 Å². The van der Waals surface area contributed by atoms with Crippen LogP contribution in [0, 0.1) is 0 Å². The molecule has 1 fully saturated rings. The predicted molar refractivity (Wildman–Crippen MR) is 79.3 cm³/mol. The van der Waals surface area contributed by atoms with Gasteiger partial charge in [-0.15, -0.1) is 0 Å². The maximum absolute atomic E-state index is 6.19. The average Bonchev–Trinajstić information content (AvgIpc) is 2.46. The molecule has 1 aliphatic carbocycles. The van der Waals surface area contributed by atoms with Crippen molar-refractivity contribution < 1.29 is 4.74 Å². The van der Waals surface area contributed by atoms with Crippen LogP contribution in [0.3, 0.4) is 0 Å². The molecule has 0 saturated heterocycles. The standard InChI is InChI=1S/C16H24N2O/c1-2-19-15(13-9-5-3-6-10-13)16(17)18-14-11-7-4-8-12-14/h3,5-6,9-10,14-15H,2,4,7-8,11-12H2,1H3,(H2,17,18)/t15-/m1/s1. The highest BCUT2D eigenvalue weighted by atomic mass is 16.5. The lowest BCUT2D eigenvalue weighted by Crippen LogP contribution is -2.27. The molecule has 3 heteroatoms. The van der Waals surface area contributed by atoms with Crippen molar-refractivity contribution in [2.75, 3.05) is 6.61 Å². The Labute approximate surface area is 115 Å². The summed E-state index contributed by atoms with van der Waals surface area (Å²) in [4.78, 5) is 4.70. The molecule has 104 valence electrons. The van der Waals surface area contributed by atoms with Crippen LogP contribution in [-0.2, 0) is 4.74 Å². The van der Waals surface area contributed by atoms with Crippen LogP contribution in [0.25, 0.3) is 0 Å². The van der Waals surface area contributed by atoms with Gasteiger partial charge in [0.25, 0.3) is 0 Å². The zero-order chi connectivity index (χ0) is 13.5. The van der Waals surface area contributed by atoms with Crippen LogP contribution in [0.15, 0.2) is 35.3 Å². The van der Waals surface area contributed by atoms with Crippen molar-refractivity contribution in [3.63, 3.8) is 0 Å². The fourth-order valence-electron chi connectivity index (χ4n) is 2.64. The molecule has 1 saturated carbocycles. The summed E-state index contributed by atoms with van der Waals surface area (Å²) in [6.07, 6.45) is 5.99. The average molecular weight is 260 g/mol. The van der Waals surface area contributed by atoms with Crippen molar-refractivity contribution in [3.8, 4) is 0 Å². The zero-order valence-electron chi connectivity index (χ0n) is 11.7. The van der Waals surface area contributed by atoms with Gasteiger partial charge in [0.15, 0.2) is 0 Å². The summed E-state index contributed by atoms with van der Waals surface area (Å²) < 4.78 is 5.78. The van der Waals surface area contributed by atoms with E-state index in [0.29, 0.717) is 18.5 Å². The topological polar surface area (TPSA) is 47.6 Å². The van der Waals surface area contributed by atoms with Crippen LogP contribution in [0.1, 0.15) is 50.7 Å². The number of ether oxygens (including phenoxy) is 1. The third-order valence-corrected chi connectivity index (χ3v) is 3.61. The van der Waals surface area contributed by atoms with Crippen molar-refractivity contribution in [2.24, 2.45) is 10.7 Å². The minimum Gasteiger partial charge on any atom is -0.385 e. The Hall–Kier alpha value is -1.35. The minimum absolute atomic E-state index is 0.201. The van der Waals surface area contributed by atoms with Gasteiger partial charge in [0.05, 0.1) is 6.04 Å². The van der Waals surface area contributed by atoms with E-state index in [2.05, 4.69) is 0 Å². The Morgan fingerprint density at radius 3 is 2.58 bits per heavy atom. The maximum atomic E-state index is 6.19. The number of amidine groups is 1. The molecule has 0 bridgehead atoms. The molecule has 0 aromatic heterocycles. The van der Waals surface area contributed by atoms with E-state index in [-0.39, 0.29) is 6.10 Å². The molecule has 0 heterocycles. The second-order valence-electron chi connectivity index (χ2n) is 5.09. The first-order valence-corrected chi connectivity index (χ1v) is 7.31. The molecule has 1 aromatic carbocycles. The molecule has 0 amide bonds. The highest BCUT2D eigenvalue weighted by Crippen LogP contribution is 2.23. The molecule has 2 rings (SSSR count). The van der Waals surface area contributed by atoms with Gasteiger partial charge in [0.1, 0.15) is 11.9 Å². The summed E-state index contributed by atoms with van der Waals surface area (Å²) in [7, 11) is 0. The van der Waals surface area contributed by atoms with E-state index < -0.39 is 0 Å². The maximum Gasteiger partial charge on any atom is 0.139 e. The van der Waals surface area contributed by atoms with Gasteiger partial charge in [0, 0.05) is 6.61 Å². The predicted octanol–water partition coefficient (Wildman–Crippen LogP) is 3.45. The largest absolute Gasteiger partial charge is 0.385 e. The molecule has 19 heavy (non-hydrogen) atoms. The summed E-state index contributed by atoms with van der Waals surface area (Å²) in [6, 6.07) is 10.5. The van der Waals surface area contributed by atoms with Gasteiger partial charge in [-0.3, -0.25) is 4.99 Å². The molecule has 0 unspecified atom stereocenters. The summed E-state index contributed by atoms with van der Waals surface area (Å²) in [5.41, 5.74) is 7.28. The number of benzene rings is 1. The Morgan fingerprint density at radius 1 is 1.26 bits per heavy atom. The van der Waals surface area contributed by atoms with E-state index >= 15 is 0 Å². The summed E-state index contributed by atoms with van der Waals surface area (Å²) in [5, 5.41) is 0. The SMILES string of the molecule is CCO[C@@H](C(N)=NC1CCCCC1)c1ccccc1. The third kappa shape index (κ3) is 4.06. The Balaban J connectivity index is 2.11. The highest BCUT2D eigenvalue weighted by Gasteiger charge is 2.19. The molecule has 1 atom stereocenters. The second-order valence-corrected chi connectivity index (χ2v) is 5.09. The van der Waals surface area contributed by atoms with Crippen LogP contribution in [0.2, 0.25) is 0 Å². The molecular weight excluding hydrogens is 236 g/mol. The number of aliphatic imine (C=N–C) groups is 1. The molecule has 3 nitrogen and oxygen atoms in total. The molecule has 0 aliphatic heterocycles. The zero-order valence-corrected chi connectivity index (χ0v) is 11.7. The van der Waals surface area contributed by atoms with E-state index in [1.165, 1.54) is 19.3 Å². The lowest BCUT2D eigenvalue weighted by molar-refractivity contribution is 0.109. The molecule has 2 N–H and O–H groups in total. The number of nitrogens with zero attached hydrogens (tertiary/aromatic N) is 1. The number of rotatable bonds is 5. The first-order valence-electron chi connectivity index (χ1n) is 7.31. The van der Waals surface area contributed by atoms with Crippen LogP contribution >= 0.6 is 0 Å². The smallest absolute Gasteiger partial charge is 0.139 e. The molecular formula is C16H24N2O. The van der Waals surface area contributed by atoms with Gasteiger partial charge < -0.3 is 10.5 Å². The van der Waals surface area contributed by atoms with Crippen LogP contribution in [0.4, 0.5) is 0 Å². The normalized spacial score (nSPS) is 19.3. The van der Waals surface area contributed by atoms with Crippen molar-refractivity contribution in [3.05, 3.63) is 35.9 Å². The molecule has 1 aliphatic rings. The fourth-order valence-corrected chi connectivity index (χ4v) is 2.64. The van der Waals surface area contributed by atoms with E-state index in [1.807, 2.05) is 37.3 Å². The summed E-state index contributed by atoms with van der Waals surface area (Å²) in [5.74, 6) is 0.625. The van der Waals surface area contributed by atoms with E-state index in [4.69, 9.17) is 15.5 Å². The Kier molecular flexibility index (Phi) is 5.40. The van der Waals surface area contributed by atoms with Gasteiger partial charge in [-0.1, -0.05) is 49.6 Å². The monoisotopic (exact) mass is 260 g/mol. The molecule has 0 radical (unpaired) electrons. The summed E-state index contributed by atoms with van der Waals surface area (Å²) in [6.45, 7) is 2.63. The van der Waals surface area contributed by atoms with E-state index in [9.17, 15) is 0 Å².